The van der Waals surface area contributed by atoms with Gasteiger partial charge in [-0.2, -0.15) is 0 Å². The van der Waals surface area contributed by atoms with E-state index in [0.29, 0.717) is 25.8 Å². The second kappa shape index (κ2) is 5.84. The summed E-state index contributed by atoms with van der Waals surface area (Å²) in [4.78, 5) is 24.8. The summed E-state index contributed by atoms with van der Waals surface area (Å²) >= 11 is 0. The number of amides is 2. The van der Waals surface area contributed by atoms with Gasteiger partial charge in [0.2, 0.25) is 11.8 Å². The minimum atomic E-state index is -0.0638. The van der Waals surface area contributed by atoms with Crippen LogP contribution in [0.15, 0.2) is 18.2 Å². The van der Waals surface area contributed by atoms with Gasteiger partial charge in [-0.25, -0.2) is 0 Å². The first kappa shape index (κ1) is 13.5. The average molecular weight is 262 g/mol. The number of nitrogens with zero attached hydrogens (tertiary/aromatic N) is 1. The maximum Gasteiger partial charge on any atom is 0.231 e. The van der Waals surface area contributed by atoms with Gasteiger partial charge in [-0.15, -0.1) is 0 Å². The third-order valence-corrected chi connectivity index (χ3v) is 3.24. The first-order chi connectivity index (χ1) is 9.11. The van der Waals surface area contributed by atoms with E-state index in [4.69, 9.17) is 5.11 Å². The van der Waals surface area contributed by atoms with Gasteiger partial charge in [-0.3, -0.25) is 9.59 Å². The molecule has 2 amide bonds. The van der Waals surface area contributed by atoms with E-state index in [0.717, 1.165) is 16.8 Å². The zero-order valence-electron chi connectivity index (χ0n) is 11.0. The van der Waals surface area contributed by atoms with E-state index in [-0.39, 0.29) is 18.4 Å². The quantitative estimate of drug-likeness (QED) is 0.747. The lowest BCUT2D eigenvalue weighted by Gasteiger charge is -2.10. The third kappa shape index (κ3) is 3.12. The number of anilines is 1. The van der Waals surface area contributed by atoms with Gasteiger partial charge in [0.25, 0.3) is 0 Å². The van der Waals surface area contributed by atoms with Crippen LogP contribution in [0.2, 0.25) is 0 Å². The van der Waals surface area contributed by atoms with Crippen LogP contribution in [-0.2, 0) is 22.4 Å². The minimum Gasteiger partial charge on any atom is -0.396 e. The summed E-state index contributed by atoms with van der Waals surface area (Å²) in [5, 5.41) is 11.4. The number of rotatable bonds is 5. The van der Waals surface area contributed by atoms with Crippen LogP contribution in [0.5, 0.6) is 0 Å². The molecule has 0 aliphatic carbocycles. The largest absolute Gasteiger partial charge is 0.396 e. The number of hydrogen-bond donors (Lipinski definition) is 2. The molecule has 0 saturated heterocycles. The van der Waals surface area contributed by atoms with Gasteiger partial charge in [0, 0.05) is 25.9 Å². The number of carbonyl (C=O) groups is 2. The predicted molar refractivity (Wildman–Crippen MR) is 72.0 cm³/mol. The Morgan fingerprint density at radius 3 is 3.00 bits per heavy atom. The number of likely N-dealkylation sites (N-methyl/N-ethyl adjacent to an activating group) is 1. The Balaban J connectivity index is 1.98. The molecule has 0 unspecified atom stereocenters. The maximum absolute atomic E-state index is 11.6. The van der Waals surface area contributed by atoms with Crippen molar-refractivity contribution < 1.29 is 14.7 Å². The van der Waals surface area contributed by atoms with Crippen LogP contribution in [0.3, 0.4) is 0 Å². The smallest absolute Gasteiger partial charge is 0.231 e. The number of aliphatic hydroxyl groups is 1. The van der Waals surface area contributed by atoms with Crippen LogP contribution < -0.4 is 10.2 Å². The molecule has 102 valence electrons. The van der Waals surface area contributed by atoms with Crippen molar-refractivity contribution in [3.63, 3.8) is 0 Å². The zero-order valence-corrected chi connectivity index (χ0v) is 11.0. The highest BCUT2D eigenvalue weighted by Gasteiger charge is 2.23. The van der Waals surface area contributed by atoms with E-state index in [1.165, 1.54) is 0 Å². The number of aliphatic hydroxyl groups excluding tert-OH is 1. The molecule has 1 aliphatic heterocycles. The molecule has 0 fully saturated rings. The Kier molecular flexibility index (Phi) is 4.16. The highest BCUT2D eigenvalue weighted by atomic mass is 16.3. The average Bonchev–Trinajstić information content (AvgIpc) is 2.65. The Hall–Kier alpha value is -1.88. The van der Waals surface area contributed by atoms with Gasteiger partial charge in [-0.05, 0) is 23.6 Å². The van der Waals surface area contributed by atoms with E-state index in [1.54, 1.807) is 11.9 Å². The van der Waals surface area contributed by atoms with E-state index in [1.807, 2.05) is 18.2 Å². The lowest BCUT2D eigenvalue weighted by Crippen LogP contribution is -2.26. The first-order valence-electron chi connectivity index (χ1n) is 6.37. The molecule has 1 aliphatic rings. The number of fused-ring (bicyclic) bond motifs is 1. The fourth-order valence-corrected chi connectivity index (χ4v) is 2.19. The molecule has 5 heteroatoms. The molecule has 19 heavy (non-hydrogen) atoms. The van der Waals surface area contributed by atoms with Crippen LogP contribution in [0.4, 0.5) is 5.69 Å². The van der Waals surface area contributed by atoms with E-state index in [9.17, 15) is 9.59 Å². The van der Waals surface area contributed by atoms with Crippen LogP contribution in [0, 0.1) is 0 Å². The van der Waals surface area contributed by atoms with Gasteiger partial charge >= 0.3 is 0 Å². The monoisotopic (exact) mass is 262 g/mol. The minimum absolute atomic E-state index is 0.0638. The van der Waals surface area contributed by atoms with E-state index in [2.05, 4.69) is 5.32 Å². The molecular weight excluding hydrogens is 244 g/mol. The fraction of sp³-hybridized carbons (Fsp3) is 0.429. The number of nitrogens with one attached hydrogen (secondary N) is 1. The second-order valence-electron chi connectivity index (χ2n) is 4.70. The normalized spacial score (nSPS) is 13.6. The lowest BCUT2D eigenvalue weighted by atomic mass is 10.1. The summed E-state index contributed by atoms with van der Waals surface area (Å²) in [6.07, 6.45) is 1.28. The van der Waals surface area contributed by atoms with Crippen molar-refractivity contribution >= 4 is 17.5 Å². The highest BCUT2D eigenvalue weighted by Crippen LogP contribution is 2.28. The molecule has 0 radical (unpaired) electrons. The molecular formula is C14H18N2O3. The van der Waals surface area contributed by atoms with Crippen molar-refractivity contribution in [1.82, 2.24) is 5.32 Å². The predicted octanol–water partition coefficient (Wildman–Crippen LogP) is 0.247. The lowest BCUT2D eigenvalue weighted by molar-refractivity contribution is -0.120. The summed E-state index contributed by atoms with van der Waals surface area (Å²) < 4.78 is 0. The zero-order chi connectivity index (χ0) is 13.8. The van der Waals surface area contributed by atoms with Crippen LogP contribution in [0.25, 0.3) is 0 Å². The summed E-state index contributed by atoms with van der Waals surface area (Å²) in [7, 11) is 1.76. The molecule has 5 nitrogen and oxygen atoms in total. The molecule has 0 bridgehead atoms. The van der Waals surface area contributed by atoms with Gasteiger partial charge in [0.1, 0.15) is 0 Å². The Morgan fingerprint density at radius 2 is 2.26 bits per heavy atom. The summed E-state index contributed by atoms with van der Waals surface area (Å²) in [5.74, 6) is 0.0191. The molecule has 1 aromatic rings. The summed E-state index contributed by atoms with van der Waals surface area (Å²) in [6.45, 7) is 0.565. The van der Waals surface area contributed by atoms with Gasteiger partial charge in [0.05, 0.1) is 12.8 Å². The molecule has 0 saturated carbocycles. The molecule has 0 atom stereocenters. The highest BCUT2D eigenvalue weighted by molar-refractivity contribution is 6.01. The van der Waals surface area contributed by atoms with Gasteiger partial charge in [0.15, 0.2) is 0 Å². The summed E-state index contributed by atoms with van der Waals surface area (Å²) in [5.41, 5.74) is 2.81. The van der Waals surface area contributed by atoms with Crippen LogP contribution >= 0.6 is 0 Å². The van der Waals surface area contributed by atoms with Crippen LogP contribution in [-0.4, -0.2) is 37.1 Å². The first-order valence-corrected chi connectivity index (χ1v) is 6.37. The number of hydrogen-bond acceptors (Lipinski definition) is 3. The molecule has 1 aromatic carbocycles. The second-order valence-corrected chi connectivity index (χ2v) is 4.70. The number of carbonyl (C=O) groups excluding carboxylic acids is 2. The molecule has 1 heterocycles. The van der Waals surface area contributed by atoms with Crippen molar-refractivity contribution in [3.05, 3.63) is 29.3 Å². The van der Waals surface area contributed by atoms with Crippen molar-refractivity contribution in [2.45, 2.75) is 19.3 Å². The Labute approximate surface area is 112 Å². The number of benzene rings is 1. The Bertz CT molecular complexity index is 499. The van der Waals surface area contributed by atoms with E-state index < -0.39 is 0 Å². The third-order valence-electron chi connectivity index (χ3n) is 3.24. The molecule has 0 aromatic heterocycles. The maximum atomic E-state index is 11.6. The molecule has 2 rings (SSSR count). The van der Waals surface area contributed by atoms with Crippen molar-refractivity contribution in [1.29, 1.82) is 0 Å². The van der Waals surface area contributed by atoms with Gasteiger partial charge < -0.3 is 15.3 Å². The Morgan fingerprint density at radius 1 is 1.47 bits per heavy atom. The SMILES string of the molecule is CN1C(=O)Cc2cc(CC(=O)NCCCO)ccc21. The topological polar surface area (TPSA) is 69.6 Å². The standard InChI is InChI=1S/C14H18N2O3/c1-16-12-4-3-10(7-11(12)9-14(16)19)8-13(18)15-5-2-6-17/h3-4,7,17H,2,5-6,8-9H2,1H3,(H,15,18). The fourth-order valence-electron chi connectivity index (χ4n) is 2.19. The molecule has 2 N–H and O–H groups in total. The van der Waals surface area contributed by atoms with Crippen LogP contribution in [0.1, 0.15) is 17.5 Å². The molecule has 0 spiro atoms. The van der Waals surface area contributed by atoms with Crippen molar-refractivity contribution in [2.75, 3.05) is 25.1 Å². The van der Waals surface area contributed by atoms with Gasteiger partial charge in [-0.1, -0.05) is 12.1 Å². The van der Waals surface area contributed by atoms with Crippen molar-refractivity contribution in [2.24, 2.45) is 0 Å². The van der Waals surface area contributed by atoms with E-state index >= 15 is 0 Å². The summed E-state index contributed by atoms with van der Waals surface area (Å²) in [6, 6.07) is 5.68. The van der Waals surface area contributed by atoms with Crippen molar-refractivity contribution in [3.8, 4) is 0 Å².